The van der Waals surface area contributed by atoms with Crippen LogP contribution in [0.4, 0.5) is 0 Å². The van der Waals surface area contributed by atoms with Crippen molar-refractivity contribution in [3.8, 4) is 0 Å². The minimum Gasteiger partial charge on any atom is -0.378 e. The number of rotatable bonds is 8. The molecule has 0 radical (unpaired) electrons. The van der Waals surface area contributed by atoms with Crippen LogP contribution in [0.1, 0.15) is 19.5 Å². The third-order valence-corrected chi connectivity index (χ3v) is 6.85. The number of pyridine rings is 1. The molecule has 1 aliphatic rings. The molecule has 31 heavy (non-hydrogen) atoms. The molecule has 0 aliphatic carbocycles. The fourth-order valence-electron chi connectivity index (χ4n) is 3.44. The Morgan fingerprint density at radius 1 is 1.26 bits per heavy atom. The van der Waals surface area contributed by atoms with Crippen molar-refractivity contribution in [3.05, 3.63) is 36.3 Å². The number of piperazine rings is 1. The lowest BCUT2D eigenvalue weighted by Gasteiger charge is -2.35. The molecule has 11 heteroatoms. The molecule has 9 nitrogen and oxygen atoms in total. The zero-order chi connectivity index (χ0) is 21.6. The van der Waals surface area contributed by atoms with Crippen molar-refractivity contribution >= 4 is 45.6 Å². The van der Waals surface area contributed by atoms with Gasteiger partial charge in [-0.05, 0) is 26.0 Å². The van der Waals surface area contributed by atoms with Gasteiger partial charge in [0, 0.05) is 58.6 Å². The van der Waals surface area contributed by atoms with E-state index in [0.29, 0.717) is 32.7 Å². The molecule has 2 aromatic heterocycles. The summed E-state index contributed by atoms with van der Waals surface area (Å²) in [5.41, 5.74) is 1.96. The molecule has 1 saturated heterocycles. The van der Waals surface area contributed by atoms with Gasteiger partial charge >= 0.3 is 0 Å². The first kappa shape index (κ1) is 25.8. The van der Waals surface area contributed by atoms with Crippen molar-refractivity contribution in [1.29, 1.82) is 0 Å². The zero-order valence-electron chi connectivity index (χ0n) is 18.4. The van der Waals surface area contributed by atoms with E-state index in [1.165, 1.54) is 0 Å². The van der Waals surface area contributed by atoms with Crippen LogP contribution in [0.15, 0.2) is 35.6 Å². The van der Waals surface area contributed by atoms with Gasteiger partial charge in [-0.2, -0.15) is 4.31 Å². The van der Waals surface area contributed by atoms with Gasteiger partial charge in [-0.1, -0.05) is 6.07 Å². The Hall–Kier alpha value is -1.44. The molecule has 1 fully saturated rings. The molecule has 3 heterocycles. The predicted molar refractivity (Wildman–Crippen MR) is 134 cm³/mol. The first-order chi connectivity index (χ1) is 14.4. The van der Waals surface area contributed by atoms with E-state index in [4.69, 9.17) is 4.74 Å². The molecule has 1 aliphatic heterocycles. The van der Waals surface area contributed by atoms with Gasteiger partial charge in [-0.15, -0.1) is 24.0 Å². The molecule has 1 N–H and O–H groups in total. The second-order valence-corrected chi connectivity index (χ2v) is 9.63. The number of imidazole rings is 1. The Morgan fingerprint density at radius 2 is 2.00 bits per heavy atom. The zero-order valence-corrected chi connectivity index (χ0v) is 21.5. The molecule has 0 atom stereocenters. The molecule has 0 bridgehead atoms. The van der Waals surface area contributed by atoms with Crippen LogP contribution >= 0.6 is 24.0 Å². The molecule has 3 rings (SSSR count). The SMILES string of the molecule is CN=C(NCCc1cn2ccccc2n1)N1CCN(S(=O)(=O)CCOC(C)C)CC1.I. The van der Waals surface area contributed by atoms with Gasteiger partial charge in [0.2, 0.25) is 10.0 Å². The molecule has 0 unspecified atom stereocenters. The van der Waals surface area contributed by atoms with Gasteiger partial charge in [0.05, 0.1) is 24.2 Å². The van der Waals surface area contributed by atoms with Crippen molar-refractivity contribution in [2.24, 2.45) is 4.99 Å². The minimum absolute atomic E-state index is 0. The van der Waals surface area contributed by atoms with Crippen LogP contribution in [0.3, 0.4) is 0 Å². The molecule has 2 aromatic rings. The third kappa shape index (κ3) is 7.29. The van der Waals surface area contributed by atoms with Crippen molar-refractivity contribution in [3.63, 3.8) is 0 Å². The van der Waals surface area contributed by atoms with Crippen molar-refractivity contribution in [1.82, 2.24) is 23.9 Å². The quantitative estimate of drug-likeness (QED) is 0.297. The van der Waals surface area contributed by atoms with E-state index in [0.717, 1.165) is 23.7 Å². The number of fused-ring (bicyclic) bond motifs is 1. The molecule has 0 amide bonds. The Balaban J connectivity index is 0.00000341. The topological polar surface area (TPSA) is 91.5 Å². The summed E-state index contributed by atoms with van der Waals surface area (Å²) in [5.74, 6) is 0.816. The maximum absolute atomic E-state index is 12.5. The summed E-state index contributed by atoms with van der Waals surface area (Å²) in [6.45, 7) is 6.87. The standard InChI is InChI=1S/C20H32N6O3S.HI/c1-17(2)29-14-15-30(27,28)26-12-10-24(11-13-26)20(21-3)22-8-7-18-16-25-9-5-4-6-19(25)23-18;/h4-6,9,16-17H,7-8,10-15H2,1-3H3,(H,21,22);1H. The largest absolute Gasteiger partial charge is 0.378 e. The number of hydrogen-bond donors (Lipinski definition) is 1. The average molecular weight is 564 g/mol. The van der Waals surface area contributed by atoms with Gasteiger partial charge in [0.15, 0.2) is 5.96 Å². The predicted octanol–water partition coefficient (Wildman–Crippen LogP) is 1.44. The van der Waals surface area contributed by atoms with Gasteiger partial charge in [0.1, 0.15) is 5.65 Å². The monoisotopic (exact) mass is 564 g/mol. The van der Waals surface area contributed by atoms with E-state index in [1.54, 1.807) is 11.4 Å². The van der Waals surface area contributed by atoms with Gasteiger partial charge < -0.3 is 19.4 Å². The Labute approximate surface area is 201 Å². The summed E-state index contributed by atoms with van der Waals surface area (Å²) in [4.78, 5) is 11.1. The number of guanidine groups is 1. The lowest BCUT2D eigenvalue weighted by molar-refractivity contribution is 0.0904. The highest BCUT2D eigenvalue weighted by molar-refractivity contribution is 14.0. The van der Waals surface area contributed by atoms with Crippen LogP contribution in [-0.4, -0.2) is 91.2 Å². The summed E-state index contributed by atoms with van der Waals surface area (Å²) in [5, 5.41) is 3.37. The number of halogens is 1. The molecule has 174 valence electrons. The van der Waals surface area contributed by atoms with Crippen molar-refractivity contribution in [2.45, 2.75) is 26.4 Å². The number of nitrogens with zero attached hydrogens (tertiary/aromatic N) is 5. The summed E-state index contributed by atoms with van der Waals surface area (Å²) in [6, 6.07) is 5.94. The number of aromatic nitrogens is 2. The molecule has 0 saturated carbocycles. The van der Waals surface area contributed by atoms with Gasteiger partial charge in [-0.3, -0.25) is 4.99 Å². The van der Waals surface area contributed by atoms with E-state index >= 15 is 0 Å². The fourth-order valence-corrected chi connectivity index (χ4v) is 4.72. The molecular weight excluding hydrogens is 531 g/mol. The van der Waals surface area contributed by atoms with E-state index in [2.05, 4.69) is 20.2 Å². The van der Waals surface area contributed by atoms with Crippen LogP contribution in [0.5, 0.6) is 0 Å². The fraction of sp³-hybridized carbons (Fsp3) is 0.600. The number of nitrogens with one attached hydrogen (secondary N) is 1. The highest BCUT2D eigenvalue weighted by Crippen LogP contribution is 2.09. The van der Waals surface area contributed by atoms with E-state index in [9.17, 15) is 8.42 Å². The lowest BCUT2D eigenvalue weighted by atomic mass is 10.3. The maximum Gasteiger partial charge on any atom is 0.216 e. The van der Waals surface area contributed by atoms with Crippen LogP contribution in [0.25, 0.3) is 5.65 Å². The number of ether oxygens (including phenoxy) is 1. The molecule has 0 aromatic carbocycles. The highest BCUT2D eigenvalue weighted by Gasteiger charge is 2.27. The first-order valence-corrected chi connectivity index (χ1v) is 12.0. The number of aliphatic imine (C=N–C) groups is 1. The first-order valence-electron chi connectivity index (χ1n) is 10.4. The second kappa shape index (κ2) is 12.0. The normalized spacial score (nSPS) is 16.0. The molecular formula is C20H33IN6O3S. The summed E-state index contributed by atoms with van der Waals surface area (Å²) in [6.07, 6.45) is 4.84. The van der Waals surface area contributed by atoms with Gasteiger partial charge in [0.25, 0.3) is 0 Å². The van der Waals surface area contributed by atoms with Crippen molar-refractivity contribution < 1.29 is 13.2 Å². The molecule has 0 spiro atoms. The van der Waals surface area contributed by atoms with E-state index in [-0.39, 0.29) is 42.4 Å². The maximum atomic E-state index is 12.5. The Morgan fingerprint density at radius 3 is 2.65 bits per heavy atom. The summed E-state index contributed by atoms with van der Waals surface area (Å²) >= 11 is 0. The summed E-state index contributed by atoms with van der Waals surface area (Å²) < 4.78 is 33.9. The Kier molecular flexibility index (Phi) is 9.97. The minimum atomic E-state index is -3.29. The number of hydrogen-bond acceptors (Lipinski definition) is 5. The van der Waals surface area contributed by atoms with Crippen LogP contribution in [-0.2, 0) is 21.2 Å². The van der Waals surface area contributed by atoms with Crippen molar-refractivity contribution in [2.75, 3.05) is 52.1 Å². The smallest absolute Gasteiger partial charge is 0.216 e. The Bertz CT molecular complexity index is 922. The highest BCUT2D eigenvalue weighted by atomic mass is 127. The van der Waals surface area contributed by atoms with E-state index < -0.39 is 10.0 Å². The lowest BCUT2D eigenvalue weighted by Crippen LogP contribution is -2.54. The third-order valence-electron chi connectivity index (χ3n) is 5.01. The summed E-state index contributed by atoms with van der Waals surface area (Å²) in [7, 11) is -1.54. The van der Waals surface area contributed by atoms with Crippen LogP contribution in [0, 0.1) is 0 Å². The number of sulfonamides is 1. The van der Waals surface area contributed by atoms with E-state index in [1.807, 2.05) is 48.8 Å². The average Bonchev–Trinajstić information content (AvgIpc) is 3.14. The van der Waals surface area contributed by atoms with Crippen LogP contribution < -0.4 is 5.32 Å². The second-order valence-electron chi connectivity index (χ2n) is 7.54. The van der Waals surface area contributed by atoms with Gasteiger partial charge in [-0.25, -0.2) is 13.4 Å². The van der Waals surface area contributed by atoms with Crippen LogP contribution in [0.2, 0.25) is 0 Å².